The van der Waals surface area contributed by atoms with Crippen LogP contribution in [0.25, 0.3) is 0 Å². The molecule has 144 valence electrons. The number of carbonyl (C=O) groups is 1. The van der Waals surface area contributed by atoms with Crippen LogP contribution in [0.2, 0.25) is 0 Å². The largest absolute Gasteiger partial charge is 0.444 e. The number of ether oxygens (including phenoxy) is 1. The second-order valence-corrected chi connectivity index (χ2v) is 7.85. The van der Waals surface area contributed by atoms with Crippen LogP contribution in [0.1, 0.15) is 45.1 Å². The summed E-state index contributed by atoms with van der Waals surface area (Å²) in [7, 11) is 0. The van der Waals surface area contributed by atoms with Gasteiger partial charge in [-0.1, -0.05) is 12.1 Å². The number of pyridine rings is 1. The molecule has 27 heavy (non-hydrogen) atoms. The van der Waals surface area contributed by atoms with Crippen molar-refractivity contribution in [1.29, 1.82) is 0 Å². The standard InChI is InChI=1S/C21H26FN3O2/c1-21(2,3)27-20(26)25-11-9-15(10-12-25)16-5-4-6-18(13-16)24-19-8-7-17(22)14-23-19/h4-8,13-15H,9-12H2,1-3H3,(H,23,24). The maximum atomic E-state index is 13.0. The second kappa shape index (κ2) is 7.94. The van der Waals surface area contributed by atoms with E-state index in [2.05, 4.69) is 22.4 Å². The number of nitrogens with one attached hydrogen (secondary N) is 1. The van der Waals surface area contributed by atoms with Gasteiger partial charge in [0, 0.05) is 18.8 Å². The minimum Gasteiger partial charge on any atom is -0.444 e. The Bertz CT molecular complexity index is 779. The summed E-state index contributed by atoms with van der Waals surface area (Å²) in [6.07, 6.45) is 2.76. The summed E-state index contributed by atoms with van der Waals surface area (Å²) in [5.74, 6) is 0.644. The first-order chi connectivity index (χ1) is 12.8. The zero-order chi connectivity index (χ0) is 19.4. The molecule has 1 aromatic carbocycles. The number of rotatable bonds is 3. The summed E-state index contributed by atoms with van der Waals surface area (Å²) in [5, 5.41) is 3.20. The highest BCUT2D eigenvalue weighted by atomic mass is 19.1. The van der Waals surface area contributed by atoms with Crippen LogP contribution in [-0.2, 0) is 4.74 Å². The van der Waals surface area contributed by atoms with Gasteiger partial charge >= 0.3 is 6.09 Å². The van der Waals surface area contributed by atoms with Gasteiger partial charge in [-0.25, -0.2) is 14.2 Å². The number of hydrogen-bond donors (Lipinski definition) is 1. The van der Waals surface area contributed by atoms with E-state index in [0.29, 0.717) is 24.8 Å². The van der Waals surface area contributed by atoms with Crippen LogP contribution in [0.5, 0.6) is 0 Å². The molecule has 2 heterocycles. The van der Waals surface area contributed by atoms with Gasteiger partial charge in [0.15, 0.2) is 0 Å². The normalized spacial score (nSPS) is 15.5. The Hall–Kier alpha value is -2.63. The molecule has 6 heteroatoms. The molecule has 0 unspecified atom stereocenters. The molecule has 1 saturated heterocycles. The molecular formula is C21H26FN3O2. The Kier molecular flexibility index (Phi) is 5.63. The van der Waals surface area contributed by atoms with Crippen molar-refractivity contribution in [3.8, 4) is 0 Å². The number of halogens is 1. The number of hydrogen-bond acceptors (Lipinski definition) is 4. The average molecular weight is 371 g/mol. The number of piperidine rings is 1. The van der Waals surface area contributed by atoms with Crippen LogP contribution >= 0.6 is 0 Å². The van der Waals surface area contributed by atoms with Crippen molar-refractivity contribution in [3.05, 3.63) is 54.0 Å². The summed E-state index contributed by atoms with van der Waals surface area (Å²) in [6.45, 7) is 7.03. The highest BCUT2D eigenvalue weighted by Gasteiger charge is 2.27. The highest BCUT2D eigenvalue weighted by Crippen LogP contribution is 2.30. The van der Waals surface area contributed by atoms with Crippen LogP contribution in [-0.4, -0.2) is 34.7 Å². The van der Waals surface area contributed by atoms with Crippen molar-refractivity contribution in [3.63, 3.8) is 0 Å². The van der Waals surface area contributed by atoms with Gasteiger partial charge in [0.05, 0.1) is 6.20 Å². The van der Waals surface area contributed by atoms with Gasteiger partial charge in [0.25, 0.3) is 0 Å². The Morgan fingerprint density at radius 3 is 2.59 bits per heavy atom. The first-order valence-corrected chi connectivity index (χ1v) is 9.27. The fourth-order valence-corrected chi connectivity index (χ4v) is 3.19. The minimum absolute atomic E-state index is 0.237. The van der Waals surface area contributed by atoms with Crippen LogP contribution in [0.4, 0.5) is 20.7 Å². The molecule has 2 aromatic rings. The van der Waals surface area contributed by atoms with Crippen molar-refractivity contribution >= 4 is 17.6 Å². The minimum atomic E-state index is -0.470. The lowest BCUT2D eigenvalue weighted by molar-refractivity contribution is 0.0205. The number of nitrogens with zero attached hydrogens (tertiary/aromatic N) is 2. The van der Waals surface area contributed by atoms with E-state index in [1.165, 1.54) is 17.8 Å². The van der Waals surface area contributed by atoms with E-state index in [1.807, 2.05) is 32.9 Å². The molecule has 3 rings (SSSR count). The third-order valence-corrected chi connectivity index (χ3v) is 4.50. The molecule has 0 radical (unpaired) electrons. The molecular weight excluding hydrogens is 345 g/mol. The maximum Gasteiger partial charge on any atom is 0.410 e. The molecule has 0 saturated carbocycles. The zero-order valence-corrected chi connectivity index (χ0v) is 16.0. The Balaban J connectivity index is 1.60. The molecule has 1 aromatic heterocycles. The van der Waals surface area contributed by atoms with Gasteiger partial charge in [0.1, 0.15) is 17.2 Å². The Labute approximate surface area is 159 Å². The average Bonchev–Trinajstić information content (AvgIpc) is 2.63. The van der Waals surface area contributed by atoms with Crippen molar-refractivity contribution in [2.24, 2.45) is 0 Å². The van der Waals surface area contributed by atoms with E-state index < -0.39 is 5.60 Å². The molecule has 0 spiro atoms. The number of aromatic nitrogens is 1. The quantitative estimate of drug-likeness (QED) is 0.817. The van der Waals surface area contributed by atoms with E-state index in [-0.39, 0.29) is 11.9 Å². The third kappa shape index (κ3) is 5.42. The number of carbonyl (C=O) groups excluding carboxylic acids is 1. The van der Waals surface area contributed by atoms with Gasteiger partial charge in [-0.15, -0.1) is 0 Å². The van der Waals surface area contributed by atoms with E-state index in [4.69, 9.17) is 4.74 Å². The third-order valence-electron chi connectivity index (χ3n) is 4.50. The lowest BCUT2D eigenvalue weighted by atomic mass is 9.89. The smallest absolute Gasteiger partial charge is 0.410 e. The monoisotopic (exact) mass is 371 g/mol. The van der Waals surface area contributed by atoms with Crippen molar-refractivity contribution < 1.29 is 13.9 Å². The second-order valence-electron chi connectivity index (χ2n) is 7.85. The maximum absolute atomic E-state index is 13.0. The van der Waals surface area contributed by atoms with Gasteiger partial charge in [-0.05, 0) is 69.4 Å². The predicted octanol–water partition coefficient (Wildman–Crippen LogP) is 5.08. The number of likely N-dealkylation sites (tertiary alicyclic amines) is 1. The topological polar surface area (TPSA) is 54.5 Å². The van der Waals surface area contributed by atoms with Crippen LogP contribution in [0.15, 0.2) is 42.6 Å². The molecule has 1 aliphatic rings. The van der Waals surface area contributed by atoms with E-state index in [9.17, 15) is 9.18 Å². The summed E-state index contributed by atoms with van der Waals surface area (Å²) < 4.78 is 18.4. The molecule has 1 amide bonds. The summed E-state index contributed by atoms with van der Waals surface area (Å²) in [4.78, 5) is 18.0. The summed E-state index contributed by atoms with van der Waals surface area (Å²) in [5.41, 5.74) is 1.68. The number of benzene rings is 1. The lowest BCUT2D eigenvalue weighted by Gasteiger charge is -2.33. The van der Waals surface area contributed by atoms with E-state index >= 15 is 0 Å². The van der Waals surface area contributed by atoms with Gasteiger partial charge in [-0.3, -0.25) is 0 Å². The van der Waals surface area contributed by atoms with Crippen LogP contribution in [0, 0.1) is 5.82 Å². The van der Waals surface area contributed by atoms with Gasteiger partial charge in [0.2, 0.25) is 0 Å². The SMILES string of the molecule is CC(C)(C)OC(=O)N1CCC(c2cccc(Nc3ccc(F)cn3)c2)CC1. The van der Waals surface area contributed by atoms with Gasteiger partial charge in [-0.2, -0.15) is 0 Å². The van der Waals surface area contributed by atoms with Crippen molar-refractivity contribution in [2.45, 2.75) is 45.1 Å². The zero-order valence-electron chi connectivity index (χ0n) is 16.0. The fourth-order valence-electron chi connectivity index (χ4n) is 3.19. The van der Waals surface area contributed by atoms with Crippen LogP contribution < -0.4 is 5.32 Å². The molecule has 1 fully saturated rings. The van der Waals surface area contributed by atoms with E-state index in [1.54, 1.807) is 11.0 Å². The van der Waals surface area contributed by atoms with E-state index in [0.717, 1.165) is 18.5 Å². The molecule has 1 aliphatic heterocycles. The van der Waals surface area contributed by atoms with Crippen LogP contribution in [0.3, 0.4) is 0 Å². The number of anilines is 2. The molecule has 1 N–H and O–H groups in total. The fraction of sp³-hybridized carbons (Fsp3) is 0.429. The van der Waals surface area contributed by atoms with Gasteiger partial charge < -0.3 is 15.0 Å². The van der Waals surface area contributed by atoms with Crippen molar-refractivity contribution in [2.75, 3.05) is 18.4 Å². The van der Waals surface area contributed by atoms with Crippen molar-refractivity contribution in [1.82, 2.24) is 9.88 Å². The predicted molar refractivity (Wildman–Crippen MR) is 104 cm³/mol. The first-order valence-electron chi connectivity index (χ1n) is 9.27. The molecule has 0 atom stereocenters. The Morgan fingerprint density at radius 1 is 1.22 bits per heavy atom. The Morgan fingerprint density at radius 2 is 1.96 bits per heavy atom. The molecule has 0 aliphatic carbocycles. The summed E-state index contributed by atoms with van der Waals surface area (Å²) >= 11 is 0. The molecule has 5 nitrogen and oxygen atoms in total. The first kappa shape index (κ1) is 19.1. The molecule has 0 bridgehead atoms. The number of amides is 1. The summed E-state index contributed by atoms with van der Waals surface area (Å²) in [6, 6.07) is 11.2. The highest BCUT2D eigenvalue weighted by molar-refractivity contribution is 5.68. The lowest BCUT2D eigenvalue weighted by Crippen LogP contribution is -2.41.